The van der Waals surface area contributed by atoms with Gasteiger partial charge in [-0.3, -0.25) is 0 Å². The Morgan fingerprint density at radius 2 is 1.32 bits per heavy atom. The number of para-hydroxylation sites is 2. The van der Waals surface area contributed by atoms with E-state index in [1.807, 2.05) is 0 Å². The third kappa shape index (κ3) is 4.25. The van der Waals surface area contributed by atoms with Gasteiger partial charge in [0.1, 0.15) is 11.5 Å². The van der Waals surface area contributed by atoms with Crippen LogP contribution in [-0.2, 0) is 5.41 Å². The highest BCUT2D eigenvalue weighted by Crippen LogP contribution is 2.54. The molecule has 1 heterocycles. The maximum absolute atomic E-state index is 6.83. The van der Waals surface area contributed by atoms with E-state index >= 15 is 0 Å². The minimum Gasteiger partial charge on any atom is -0.457 e. The van der Waals surface area contributed by atoms with Crippen molar-refractivity contribution >= 4 is 12.2 Å². The van der Waals surface area contributed by atoms with E-state index in [4.69, 9.17) is 4.74 Å². The van der Waals surface area contributed by atoms with Crippen LogP contribution < -0.4 is 10.2 Å². The molecule has 0 amide bonds. The van der Waals surface area contributed by atoms with Crippen LogP contribution in [0, 0.1) is 0 Å². The molecule has 0 bridgehead atoms. The molecule has 1 aliphatic rings. The monoisotopic (exact) mass is 482 g/mol. The van der Waals surface area contributed by atoms with Crippen LogP contribution in [0.25, 0.3) is 0 Å². The summed E-state index contributed by atoms with van der Waals surface area (Å²) in [5.74, 6) is 2.28. The Hall–Kier alpha value is -3.78. The first-order valence-corrected chi connectivity index (χ1v) is 13.3. The predicted molar refractivity (Wildman–Crippen MR) is 159 cm³/mol. The Kier molecular flexibility index (Phi) is 6.93. The molecule has 1 aliphatic heterocycles. The van der Waals surface area contributed by atoms with Crippen molar-refractivity contribution in [2.45, 2.75) is 45.8 Å². The van der Waals surface area contributed by atoms with Gasteiger partial charge < -0.3 is 4.74 Å². The van der Waals surface area contributed by atoms with Crippen molar-refractivity contribution in [3.63, 3.8) is 0 Å². The van der Waals surface area contributed by atoms with Gasteiger partial charge in [-0.25, -0.2) is 0 Å². The number of hydrogen-bond donors (Lipinski definition) is 0. The summed E-state index contributed by atoms with van der Waals surface area (Å²) in [6, 6.07) is 37.0. The molecule has 0 N–H and O–H groups in total. The first-order chi connectivity index (χ1) is 18.0. The standard InChI is InChI=1S/C35H35BO/c1-6-25(2)24-26(3)27(4)36(5)32-22-15-21-31-34(32)37-33-23-14-13-20-30(33)35(31,28-16-9-7-10-17-28)29-18-11-8-12-19-29/h6-24,27H,1-5H3/b25-6-,26-24-. The summed E-state index contributed by atoms with van der Waals surface area (Å²) in [6.07, 6.45) is 4.48. The lowest BCUT2D eigenvalue weighted by atomic mass is 9.37. The maximum Gasteiger partial charge on any atom is 0.184 e. The molecule has 1 unspecified atom stereocenters. The van der Waals surface area contributed by atoms with Crippen LogP contribution in [0.3, 0.4) is 0 Å². The molecule has 0 saturated carbocycles. The summed E-state index contributed by atoms with van der Waals surface area (Å²) in [5.41, 5.74) is 8.33. The van der Waals surface area contributed by atoms with Crippen molar-refractivity contribution in [1.29, 1.82) is 0 Å². The second-order valence-electron chi connectivity index (χ2n) is 10.3. The van der Waals surface area contributed by atoms with Crippen molar-refractivity contribution < 1.29 is 4.74 Å². The number of fused-ring (bicyclic) bond motifs is 2. The summed E-state index contributed by atoms with van der Waals surface area (Å²) >= 11 is 0. The highest BCUT2D eigenvalue weighted by molar-refractivity contribution is 6.74. The average molecular weight is 482 g/mol. The van der Waals surface area contributed by atoms with Crippen molar-refractivity contribution in [3.8, 4) is 11.5 Å². The van der Waals surface area contributed by atoms with Gasteiger partial charge in [-0.2, -0.15) is 0 Å². The van der Waals surface area contributed by atoms with Gasteiger partial charge >= 0.3 is 0 Å². The summed E-state index contributed by atoms with van der Waals surface area (Å²) < 4.78 is 6.83. The quantitative estimate of drug-likeness (QED) is 0.174. The molecule has 184 valence electrons. The zero-order chi connectivity index (χ0) is 26.0. The van der Waals surface area contributed by atoms with E-state index in [-0.39, 0.29) is 6.71 Å². The van der Waals surface area contributed by atoms with Crippen molar-refractivity contribution in [1.82, 2.24) is 0 Å². The largest absolute Gasteiger partial charge is 0.457 e. The zero-order valence-electron chi connectivity index (χ0n) is 22.5. The van der Waals surface area contributed by atoms with E-state index in [9.17, 15) is 0 Å². The van der Waals surface area contributed by atoms with Crippen LogP contribution >= 0.6 is 0 Å². The molecule has 0 aromatic heterocycles. The molecule has 2 heteroatoms. The second kappa shape index (κ2) is 10.3. The van der Waals surface area contributed by atoms with Gasteiger partial charge in [0.25, 0.3) is 0 Å². The van der Waals surface area contributed by atoms with Gasteiger partial charge in [-0.15, -0.1) is 0 Å². The van der Waals surface area contributed by atoms with Crippen LogP contribution in [0.2, 0.25) is 12.6 Å². The van der Waals surface area contributed by atoms with E-state index < -0.39 is 5.41 Å². The topological polar surface area (TPSA) is 9.23 Å². The molecule has 4 aromatic carbocycles. The first kappa shape index (κ1) is 24.9. The molecule has 1 atom stereocenters. The van der Waals surface area contributed by atoms with Gasteiger partial charge in [0.05, 0.1) is 5.41 Å². The van der Waals surface area contributed by atoms with E-state index in [1.54, 1.807) is 0 Å². The second-order valence-corrected chi connectivity index (χ2v) is 10.3. The van der Waals surface area contributed by atoms with Gasteiger partial charge in [0.2, 0.25) is 0 Å². The predicted octanol–water partition coefficient (Wildman–Crippen LogP) is 8.81. The van der Waals surface area contributed by atoms with Gasteiger partial charge in [-0.05, 0) is 49.2 Å². The van der Waals surface area contributed by atoms with Gasteiger partial charge in [0.15, 0.2) is 6.71 Å². The van der Waals surface area contributed by atoms with E-state index in [0.29, 0.717) is 5.82 Å². The normalized spacial score (nSPS) is 15.3. The van der Waals surface area contributed by atoms with Crippen LogP contribution in [0.1, 0.15) is 49.9 Å². The molecular weight excluding hydrogens is 447 g/mol. The lowest BCUT2D eigenvalue weighted by Gasteiger charge is -2.42. The van der Waals surface area contributed by atoms with Crippen LogP contribution in [0.5, 0.6) is 11.5 Å². The molecule has 0 radical (unpaired) electrons. The summed E-state index contributed by atoms with van der Waals surface area (Å²) in [4.78, 5) is 0. The Bertz CT molecular complexity index is 1410. The molecule has 5 rings (SSSR count). The number of rotatable bonds is 6. The highest BCUT2D eigenvalue weighted by atomic mass is 16.5. The number of allylic oxidation sites excluding steroid dienone is 4. The third-order valence-electron chi connectivity index (χ3n) is 8.24. The summed E-state index contributed by atoms with van der Waals surface area (Å²) in [6.45, 7) is 11.5. The lowest BCUT2D eigenvalue weighted by molar-refractivity contribution is 0.438. The minimum atomic E-state index is -0.474. The minimum absolute atomic E-state index is 0.283. The summed E-state index contributed by atoms with van der Waals surface area (Å²) in [5, 5.41) is 0. The smallest absolute Gasteiger partial charge is 0.184 e. The SMILES string of the molecule is C/C=C(C)\C=C(\C)C(C)B(C)c1cccc2c1Oc1ccccc1C2(c1ccccc1)c1ccccc1. The number of benzene rings is 4. The number of hydrogen-bond acceptors (Lipinski definition) is 1. The van der Waals surface area contributed by atoms with Crippen molar-refractivity contribution in [2.75, 3.05) is 0 Å². The molecule has 0 spiro atoms. The fourth-order valence-corrected chi connectivity index (χ4v) is 5.85. The van der Waals surface area contributed by atoms with Crippen molar-refractivity contribution in [3.05, 3.63) is 149 Å². The van der Waals surface area contributed by atoms with E-state index in [0.717, 1.165) is 11.5 Å². The van der Waals surface area contributed by atoms with Gasteiger partial charge in [-0.1, -0.05) is 134 Å². The lowest BCUT2D eigenvalue weighted by Crippen LogP contribution is -2.39. The molecule has 0 aliphatic carbocycles. The Morgan fingerprint density at radius 1 is 0.757 bits per heavy atom. The van der Waals surface area contributed by atoms with E-state index in [1.165, 1.54) is 38.9 Å². The highest BCUT2D eigenvalue weighted by Gasteiger charge is 2.46. The van der Waals surface area contributed by atoms with Crippen LogP contribution in [0.4, 0.5) is 0 Å². The average Bonchev–Trinajstić information content (AvgIpc) is 2.95. The third-order valence-corrected chi connectivity index (χ3v) is 8.24. The Balaban J connectivity index is 1.79. The fourth-order valence-electron chi connectivity index (χ4n) is 5.85. The van der Waals surface area contributed by atoms with Gasteiger partial charge in [0, 0.05) is 11.1 Å². The maximum atomic E-state index is 6.83. The fraction of sp³-hybridized carbons (Fsp3) is 0.200. The van der Waals surface area contributed by atoms with Crippen LogP contribution in [-0.4, -0.2) is 6.71 Å². The molecule has 4 aromatic rings. The first-order valence-electron chi connectivity index (χ1n) is 13.3. The molecule has 1 nitrogen and oxygen atoms in total. The molecule has 0 saturated heterocycles. The molecule has 0 fully saturated rings. The molecular formula is C35H35BO. The zero-order valence-corrected chi connectivity index (χ0v) is 22.5. The van der Waals surface area contributed by atoms with Crippen molar-refractivity contribution in [2.24, 2.45) is 0 Å². The summed E-state index contributed by atoms with van der Waals surface area (Å²) in [7, 11) is 0. The Morgan fingerprint density at radius 3 is 1.95 bits per heavy atom. The van der Waals surface area contributed by atoms with E-state index in [2.05, 4.69) is 150 Å². The Labute approximate surface area is 222 Å². The number of ether oxygens (including phenoxy) is 1. The van der Waals surface area contributed by atoms with Crippen LogP contribution in [0.15, 0.2) is 126 Å². The molecule has 37 heavy (non-hydrogen) atoms.